The number of carbonyl (C=O) groups excluding carboxylic acids is 1. The minimum absolute atomic E-state index is 0.0473. The molecule has 1 amide bonds. The Labute approximate surface area is 153 Å². The lowest BCUT2D eigenvalue weighted by atomic mass is 9.99. The second-order valence-corrected chi connectivity index (χ2v) is 6.94. The van der Waals surface area contributed by atoms with Gasteiger partial charge in [-0.25, -0.2) is 0 Å². The van der Waals surface area contributed by atoms with Gasteiger partial charge in [-0.05, 0) is 49.1 Å². The minimum Gasteiger partial charge on any atom is -0.322 e. The Morgan fingerprint density at radius 1 is 1.27 bits per heavy atom. The summed E-state index contributed by atoms with van der Waals surface area (Å²) in [5, 5.41) is 13.5. The van der Waals surface area contributed by atoms with Gasteiger partial charge in [0.1, 0.15) is 0 Å². The first-order valence-corrected chi connectivity index (χ1v) is 8.88. The standard InChI is InChI=1S/C20H23N3O3/c1-15-4-3-11-22(13-15)14-16-7-9-17(10-8-16)20(24)21-18-5-2-6-19(12-18)23(25)26/h2,5-10,12,15H,3-4,11,13-14H2,1H3,(H,21,24)/t15-/m1/s1. The summed E-state index contributed by atoms with van der Waals surface area (Å²) in [6.45, 7) is 5.43. The minimum atomic E-state index is -0.480. The van der Waals surface area contributed by atoms with Gasteiger partial charge in [-0.3, -0.25) is 19.8 Å². The number of likely N-dealkylation sites (tertiary alicyclic amines) is 1. The molecule has 3 rings (SSSR count). The van der Waals surface area contributed by atoms with Crippen molar-refractivity contribution in [2.24, 2.45) is 5.92 Å². The summed E-state index contributed by atoms with van der Waals surface area (Å²) >= 11 is 0. The molecule has 0 aliphatic carbocycles. The third-order valence-corrected chi connectivity index (χ3v) is 4.68. The Balaban J connectivity index is 1.61. The lowest BCUT2D eigenvalue weighted by Gasteiger charge is -2.30. The van der Waals surface area contributed by atoms with Crippen LogP contribution in [0.4, 0.5) is 11.4 Å². The number of benzene rings is 2. The average Bonchev–Trinajstić information content (AvgIpc) is 2.62. The maximum atomic E-state index is 12.3. The van der Waals surface area contributed by atoms with E-state index in [-0.39, 0.29) is 11.6 Å². The van der Waals surface area contributed by atoms with Crippen LogP contribution in [-0.2, 0) is 6.54 Å². The van der Waals surface area contributed by atoms with Gasteiger partial charge in [-0.1, -0.05) is 25.1 Å². The molecule has 1 aliphatic rings. The van der Waals surface area contributed by atoms with Gasteiger partial charge in [0, 0.05) is 36.5 Å². The Bertz CT molecular complexity index is 789. The fraction of sp³-hybridized carbons (Fsp3) is 0.350. The molecule has 2 aromatic rings. The molecule has 1 saturated heterocycles. The molecule has 0 saturated carbocycles. The number of nitrogens with zero attached hydrogens (tertiary/aromatic N) is 2. The summed E-state index contributed by atoms with van der Waals surface area (Å²) in [6, 6.07) is 13.5. The normalized spacial score (nSPS) is 17.7. The van der Waals surface area contributed by atoms with Crippen molar-refractivity contribution in [1.29, 1.82) is 0 Å². The number of carbonyl (C=O) groups is 1. The molecule has 0 aromatic heterocycles. The van der Waals surface area contributed by atoms with Crippen LogP contribution in [0.15, 0.2) is 48.5 Å². The average molecular weight is 353 g/mol. The van der Waals surface area contributed by atoms with E-state index >= 15 is 0 Å². The van der Waals surface area contributed by atoms with Gasteiger partial charge in [-0.2, -0.15) is 0 Å². The summed E-state index contributed by atoms with van der Waals surface area (Å²) in [7, 11) is 0. The van der Waals surface area contributed by atoms with E-state index in [9.17, 15) is 14.9 Å². The number of nitrogens with one attached hydrogen (secondary N) is 1. The van der Waals surface area contributed by atoms with Crippen LogP contribution in [0.3, 0.4) is 0 Å². The van der Waals surface area contributed by atoms with E-state index in [4.69, 9.17) is 0 Å². The molecule has 26 heavy (non-hydrogen) atoms. The number of anilines is 1. The Morgan fingerprint density at radius 2 is 2.04 bits per heavy atom. The summed E-state index contributed by atoms with van der Waals surface area (Å²) in [5.74, 6) is 0.465. The summed E-state index contributed by atoms with van der Waals surface area (Å²) in [5.41, 5.74) is 2.09. The number of non-ortho nitro benzene ring substituents is 1. The first-order chi connectivity index (χ1) is 12.5. The van der Waals surface area contributed by atoms with Crippen LogP contribution in [0, 0.1) is 16.0 Å². The van der Waals surface area contributed by atoms with Crippen molar-refractivity contribution >= 4 is 17.3 Å². The van der Waals surface area contributed by atoms with Gasteiger partial charge in [0.05, 0.1) is 4.92 Å². The van der Waals surface area contributed by atoms with Gasteiger partial charge >= 0.3 is 0 Å². The van der Waals surface area contributed by atoms with E-state index in [1.807, 2.05) is 12.1 Å². The fourth-order valence-electron chi connectivity index (χ4n) is 3.35. The van der Waals surface area contributed by atoms with Crippen LogP contribution < -0.4 is 5.32 Å². The first kappa shape index (κ1) is 18.1. The van der Waals surface area contributed by atoms with Gasteiger partial charge in [0.2, 0.25) is 0 Å². The number of hydrogen-bond acceptors (Lipinski definition) is 4. The zero-order chi connectivity index (χ0) is 18.5. The molecule has 2 aromatic carbocycles. The van der Waals surface area contributed by atoms with Crippen molar-refractivity contribution in [3.05, 3.63) is 69.8 Å². The fourth-order valence-corrected chi connectivity index (χ4v) is 3.35. The van der Waals surface area contributed by atoms with Gasteiger partial charge in [0.25, 0.3) is 11.6 Å². The molecule has 1 aliphatic heterocycles. The van der Waals surface area contributed by atoms with Crippen LogP contribution in [0.1, 0.15) is 35.7 Å². The van der Waals surface area contributed by atoms with Crippen molar-refractivity contribution < 1.29 is 9.72 Å². The van der Waals surface area contributed by atoms with Crippen LogP contribution in [0.2, 0.25) is 0 Å². The van der Waals surface area contributed by atoms with E-state index in [0.29, 0.717) is 11.3 Å². The van der Waals surface area contributed by atoms with Crippen molar-refractivity contribution in [2.45, 2.75) is 26.3 Å². The molecule has 0 unspecified atom stereocenters. The summed E-state index contributed by atoms with van der Waals surface area (Å²) in [6.07, 6.45) is 2.54. The van der Waals surface area contributed by atoms with Gasteiger partial charge in [-0.15, -0.1) is 0 Å². The molecule has 1 N–H and O–H groups in total. The van der Waals surface area contributed by atoms with Crippen molar-refractivity contribution in [3.8, 4) is 0 Å². The Morgan fingerprint density at radius 3 is 2.73 bits per heavy atom. The molecule has 136 valence electrons. The van der Waals surface area contributed by atoms with Crippen molar-refractivity contribution in [1.82, 2.24) is 4.90 Å². The molecular formula is C20H23N3O3. The number of amides is 1. The van der Waals surface area contributed by atoms with Crippen molar-refractivity contribution in [3.63, 3.8) is 0 Å². The van der Waals surface area contributed by atoms with Crippen LogP contribution in [0.25, 0.3) is 0 Å². The molecule has 6 heteroatoms. The zero-order valence-corrected chi connectivity index (χ0v) is 14.9. The molecule has 1 fully saturated rings. The van der Waals surface area contributed by atoms with E-state index in [1.165, 1.54) is 30.5 Å². The van der Waals surface area contributed by atoms with E-state index in [2.05, 4.69) is 17.1 Å². The second kappa shape index (κ2) is 8.10. The first-order valence-electron chi connectivity index (χ1n) is 8.88. The predicted molar refractivity (Wildman–Crippen MR) is 101 cm³/mol. The maximum Gasteiger partial charge on any atom is 0.271 e. The summed E-state index contributed by atoms with van der Waals surface area (Å²) in [4.78, 5) is 25.1. The maximum absolute atomic E-state index is 12.3. The highest BCUT2D eigenvalue weighted by Crippen LogP contribution is 2.19. The Hall–Kier alpha value is -2.73. The second-order valence-electron chi connectivity index (χ2n) is 6.94. The highest BCUT2D eigenvalue weighted by atomic mass is 16.6. The highest BCUT2D eigenvalue weighted by molar-refractivity contribution is 6.04. The molecule has 6 nitrogen and oxygen atoms in total. The monoisotopic (exact) mass is 353 g/mol. The number of hydrogen-bond donors (Lipinski definition) is 1. The predicted octanol–water partition coefficient (Wildman–Crippen LogP) is 4.08. The third-order valence-electron chi connectivity index (χ3n) is 4.68. The lowest BCUT2D eigenvalue weighted by Crippen LogP contribution is -2.33. The SMILES string of the molecule is C[C@@H]1CCCN(Cc2ccc(C(=O)Nc3cccc([N+](=O)[O-])c3)cc2)C1. The molecule has 1 heterocycles. The van der Waals surface area contributed by atoms with Gasteiger partial charge < -0.3 is 5.32 Å². The molecule has 0 bridgehead atoms. The molecule has 0 radical (unpaired) electrons. The van der Waals surface area contributed by atoms with E-state index < -0.39 is 4.92 Å². The quantitative estimate of drug-likeness (QED) is 0.649. The van der Waals surface area contributed by atoms with E-state index in [0.717, 1.165) is 25.6 Å². The third kappa shape index (κ3) is 4.67. The highest BCUT2D eigenvalue weighted by Gasteiger charge is 2.16. The molecule has 0 spiro atoms. The van der Waals surface area contributed by atoms with Gasteiger partial charge in [0.15, 0.2) is 0 Å². The van der Waals surface area contributed by atoms with E-state index in [1.54, 1.807) is 24.3 Å². The van der Waals surface area contributed by atoms with Crippen LogP contribution >= 0.6 is 0 Å². The smallest absolute Gasteiger partial charge is 0.271 e. The largest absolute Gasteiger partial charge is 0.322 e. The van der Waals surface area contributed by atoms with Crippen molar-refractivity contribution in [2.75, 3.05) is 18.4 Å². The number of nitro groups is 1. The molecular weight excluding hydrogens is 330 g/mol. The van der Waals surface area contributed by atoms with Crippen LogP contribution in [0.5, 0.6) is 0 Å². The topological polar surface area (TPSA) is 75.5 Å². The Kier molecular flexibility index (Phi) is 5.63. The zero-order valence-electron chi connectivity index (χ0n) is 14.9. The number of piperidine rings is 1. The summed E-state index contributed by atoms with van der Waals surface area (Å²) < 4.78 is 0. The number of rotatable bonds is 5. The molecule has 1 atom stereocenters. The number of nitro benzene ring substituents is 1. The van der Waals surface area contributed by atoms with Crippen LogP contribution in [-0.4, -0.2) is 28.8 Å². The lowest BCUT2D eigenvalue weighted by molar-refractivity contribution is -0.384.